The molecule has 0 aliphatic carbocycles. The molecule has 9 heteroatoms. The van der Waals surface area contributed by atoms with E-state index in [-0.39, 0.29) is 12.0 Å². The summed E-state index contributed by atoms with van der Waals surface area (Å²) in [5.74, 6) is 1.47. The molecule has 1 unspecified atom stereocenters. The summed E-state index contributed by atoms with van der Waals surface area (Å²) in [5, 5.41) is 4.48. The minimum Gasteiger partial charge on any atom is -0.471 e. The number of aryl methyl sites for hydroxylation is 2. The molecule has 4 heterocycles. The third-order valence-electron chi connectivity index (χ3n) is 5.67. The number of rotatable bonds is 7. The molecule has 0 bridgehead atoms. The molecule has 9 nitrogen and oxygen atoms in total. The van der Waals surface area contributed by atoms with Gasteiger partial charge in [-0.05, 0) is 20.3 Å². The Balaban J connectivity index is 1.71. The molecular weight excluding hydrogens is 382 g/mol. The van der Waals surface area contributed by atoms with Crippen LogP contribution in [0, 0.1) is 6.92 Å². The lowest BCUT2D eigenvalue weighted by molar-refractivity contribution is -0.130. The standard InChI is InChI=1S/C21H29N7O2/c1-5-9-27-19(16-11-24-28(7-3)14(16)4)25-18-20(27)22-13-23-21(18)30-15-8-10-26(12-15)17(29)6-2/h11,13,15H,5-10,12H2,1-4H3. The fraction of sp³-hybridized carbons (Fsp3) is 0.571. The van der Waals surface area contributed by atoms with Crippen molar-refractivity contribution in [2.45, 2.75) is 66.2 Å². The van der Waals surface area contributed by atoms with Crippen molar-refractivity contribution >= 4 is 17.1 Å². The Hall–Kier alpha value is -2.97. The first kappa shape index (κ1) is 20.3. The second-order valence-corrected chi connectivity index (χ2v) is 7.62. The molecule has 30 heavy (non-hydrogen) atoms. The molecule has 1 atom stereocenters. The first-order valence-electron chi connectivity index (χ1n) is 10.8. The fourth-order valence-corrected chi connectivity index (χ4v) is 4.06. The highest BCUT2D eigenvalue weighted by atomic mass is 16.5. The van der Waals surface area contributed by atoms with Gasteiger partial charge in [0.1, 0.15) is 18.3 Å². The molecule has 1 aliphatic rings. The van der Waals surface area contributed by atoms with Crippen LogP contribution in [0.25, 0.3) is 22.6 Å². The SMILES string of the molecule is CCCn1c(-c2cnn(CC)c2C)nc2c(OC3CCN(C(=O)CC)C3)ncnc21. The lowest BCUT2D eigenvalue weighted by Gasteiger charge is -2.16. The number of nitrogens with zero attached hydrogens (tertiary/aromatic N) is 7. The van der Waals surface area contributed by atoms with Gasteiger partial charge in [0.25, 0.3) is 0 Å². The summed E-state index contributed by atoms with van der Waals surface area (Å²) < 4.78 is 10.3. The lowest BCUT2D eigenvalue weighted by atomic mass is 10.2. The quantitative estimate of drug-likeness (QED) is 0.594. The maximum Gasteiger partial charge on any atom is 0.245 e. The number of hydrogen-bond acceptors (Lipinski definition) is 6. The topological polar surface area (TPSA) is 91.0 Å². The second kappa shape index (κ2) is 8.41. The van der Waals surface area contributed by atoms with Crippen LogP contribution in [-0.2, 0) is 17.9 Å². The summed E-state index contributed by atoms with van der Waals surface area (Å²) in [5.41, 5.74) is 3.49. The number of carbonyl (C=O) groups excluding carboxylic acids is 1. The summed E-state index contributed by atoms with van der Waals surface area (Å²) >= 11 is 0. The van der Waals surface area contributed by atoms with Crippen molar-refractivity contribution in [1.82, 2.24) is 34.2 Å². The van der Waals surface area contributed by atoms with Gasteiger partial charge in [-0.25, -0.2) is 9.97 Å². The molecule has 160 valence electrons. The van der Waals surface area contributed by atoms with Crippen molar-refractivity contribution in [3.05, 3.63) is 18.2 Å². The normalized spacial score (nSPS) is 16.5. The zero-order valence-corrected chi connectivity index (χ0v) is 18.1. The zero-order chi connectivity index (χ0) is 21.3. The Bertz CT molecular complexity index is 1060. The van der Waals surface area contributed by atoms with E-state index < -0.39 is 0 Å². The fourth-order valence-electron chi connectivity index (χ4n) is 4.06. The zero-order valence-electron chi connectivity index (χ0n) is 18.1. The van der Waals surface area contributed by atoms with E-state index in [0.29, 0.717) is 24.4 Å². The minimum atomic E-state index is -0.0806. The molecule has 0 saturated carbocycles. The predicted molar refractivity (Wildman–Crippen MR) is 113 cm³/mol. The van der Waals surface area contributed by atoms with Crippen LogP contribution in [0.4, 0.5) is 0 Å². The minimum absolute atomic E-state index is 0.0806. The van der Waals surface area contributed by atoms with Crippen molar-refractivity contribution in [2.75, 3.05) is 13.1 Å². The Morgan fingerprint density at radius 1 is 1.27 bits per heavy atom. The average molecular weight is 412 g/mol. The molecule has 3 aromatic rings. The van der Waals surface area contributed by atoms with E-state index in [2.05, 4.69) is 40.4 Å². The van der Waals surface area contributed by atoms with Crippen LogP contribution in [0.1, 0.15) is 45.7 Å². The Morgan fingerprint density at radius 2 is 2.10 bits per heavy atom. The van der Waals surface area contributed by atoms with Gasteiger partial charge in [-0.3, -0.25) is 9.48 Å². The third-order valence-corrected chi connectivity index (χ3v) is 5.67. The Kier molecular flexibility index (Phi) is 5.69. The van der Waals surface area contributed by atoms with Gasteiger partial charge in [-0.2, -0.15) is 10.1 Å². The molecule has 0 spiro atoms. The van der Waals surface area contributed by atoms with Gasteiger partial charge < -0.3 is 14.2 Å². The van der Waals surface area contributed by atoms with Crippen LogP contribution >= 0.6 is 0 Å². The summed E-state index contributed by atoms with van der Waals surface area (Å²) in [4.78, 5) is 27.6. The number of ether oxygens (including phenoxy) is 1. The van der Waals surface area contributed by atoms with Crippen molar-refractivity contribution in [2.24, 2.45) is 0 Å². The molecule has 0 N–H and O–H groups in total. The number of aromatic nitrogens is 6. The van der Waals surface area contributed by atoms with Crippen LogP contribution in [-0.4, -0.2) is 59.3 Å². The number of amides is 1. The number of likely N-dealkylation sites (tertiary alicyclic amines) is 1. The van der Waals surface area contributed by atoms with Gasteiger partial charge in [0, 0.05) is 38.2 Å². The lowest BCUT2D eigenvalue weighted by Crippen LogP contribution is -2.30. The third kappa shape index (κ3) is 3.53. The van der Waals surface area contributed by atoms with Gasteiger partial charge in [-0.1, -0.05) is 13.8 Å². The highest BCUT2D eigenvalue weighted by Crippen LogP contribution is 2.31. The van der Waals surface area contributed by atoms with Crippen LogP contribution in [0.15, 0.2) is 12.5 Å². The molecule has 1 amide bonds. The van der Waals surface area contributed by atoms with Gasteiger partial charge in [0.15, 0.2) is 11.2 Å². The number of imidazole rings is 1. The van der Waals surface area contributed by atoms with Crippen LogP contribution in [0.3, 0.4) is 0 Å². The van der Waals surface area contributed by atoms with E-state index in [0.717, 1.165) is 55.2 Å². The van der Waals surface area contributed by atoms with Crippen molar-refractivity contribution < 1.29 is 9.53 Å². The van der Waals surface area contributed by atoms with Gasteiger partial charge in [-0.15, -0.1) is 0 Å². The Labute approximate surface area is 176 Å². The first-order valence-corrected chi connectivity index (χ1v) is 10.8. The Morgan fingerprint density at radius 3 is 2.80 bits per heavy atom. The van der Waals surface area contributed by atoms with Crippen molar-refractivity contribution in [3.8, 4) is 17.3 Å². The summed E-state index contributed by atoms with van der Waals surface area (Å²) in [6, 6.07) is 0. The summed E-state index contributed by atoms with van der Waals surface area (Å²) in [7, 11) is 0. The van der Waals surface area contributed by atoms with Crippen LogP contribution in [0.5, 0.6) is 5.88 Å². The predicted octanol–water partition coefficient (Wildman–Crippen LogP) is 2.82. The van der Waals surface area contributed by atoms with E-state index >= 15 is 0 Å². The molecule has 0 radical (unpaired) electrons. The monoisotopic (exact) mass is 411 g/mol. The molecular formula is C21H29N7O2. The van der Waals surface area contributed by atoms with E-state index in [1.165, 1.54) is 6.33 Å². The average Bonchev–Trinajstić information content (AvgIpc) is 3.46. The maximum atomic E-state index is 12.0. The van der Waals surface area contributed by atoms with Gasteiger partial charge >= 0.3 is 0 Å². The highest BCUT2D eigenvalue weighted by molar-refractivity contribution is 5.81. The van der Waals surface area contributed by atoms with Gasteiger partial charge in [0.2, 0.25) is 11.8 Å². The van der Waals surface area contributed by atoms with Crippen molar-refractivity contribution in [1.29, 1.82) is 0 Å². The second-order valence-electron chi connectivity index (χ2n) is 7.62. The van der Waals surface area contributed by atoms with E-state index in [9.17, 15) is 4.79 Å². The van der Waals surface area contributed by atoms with Crippen molar-refractivity contribution in [3.63, 3.8) is 0 Å². The number of carbonyl (C=O) groups is 1. The molecule has 1 saturated heterocycles. The maximum absolute atomic E-state index is 12.0. The largest absolute Gasteiger partial charge is 0.471 e. The summed E-state index contributed by atoms with van der Waals surface area (Å²) in [6.07, 6.45) is 5.58. The summed E-state index contributed by atoms with van der Waals surface area (Å²) in [6.45, 7) is 11.1. The molecule has 1 aliphatic heterocycles. The van der Waals surface area contributed by atoms with Crippen LogP contribution in [0.2, 0.25) is 0 Å². The molecule has 0 aromatic carbocycles. The van der Waals surface area contributed by atoms with E-state index in [4.69, 9.17) is 9.72 Å². The highest BCUT2D eigenvalue weighted by Gasteiger charge is 2.28. The smallest absolute Gasteiger partial charge is 0.245 e. The molecule has 3 aromatic heterocycles. The molecule has 1 fully saturated rings. The van der Waals surface area contributed by atoms with Crippen LogP contribution < -0.4 is 4.74 Å². The number of hydrogen-bond donors (Lipinski definition) is 0. The molecule has 4 rings (SSSR count). The van der Waals surface area contributed by atoms with Gasteiger partial charge in [0.05, 0.1) is 18.3 Å². The van der Waals surface area contributed by atoms with E-state index in [1.54, 1.807) is 0 Å². The first-order chi connectivity index (χ1) is 14.6. The van der Waals surface area contributed by atoms with E-state index in [1.807, 2.05) is 22.7 Å². The number of fused-ring (bicyclic) bond motifs is 1.